The maximum atomic E-state index is 11.3. The minimum atomic E-state index is -0.525. The Morgan fingerprint density at radius 3 is 1.87 bits per heavy atom. The minimum Gasteiger partial charge on any atom is -0.460 e. The van der Waals surface area contributed by atoms with Gasteiger partial charge in [-0.05, 0) is 34.6 Å². The molecule has 0 rings (SSSR count). The summed E-state index contributed by atoms with van der Waals surface area (Å²) in [6.45, 7) is 8.50. The Balaban J connectivity index is 4.29. The van der Waals surface area contributed by atoms with Crippen molar-refractivity contribution in [2.45, 2.75) is 46.8 Å². The Morgan fingerprint density at radius 2 is 1.47 bits per heavy atom. The molecule has 86 valence electrons. The first-order valence-electron chi connectivity index (χ1n) is 4.92. The van der Waals surface area contributed by atoms with Gasteiger partial charge >= 0.3 is 11.9 Å². The third kappa shape index (κ3) is 6.71. The van der Waals surface area contributed by atoms with Gasteiger partial charge in [-0.3, -0.25) is 0 Å². The van der Waals surface area contributed by atoms with E-state index in [0.717, 1.165) is 6.08 Å². The first kappa shape index (κ1) is 13.7. The Bertz CT molecular complexity index is 264. The molecule has 4 nitrogen and oxygen atoms in total. The lowest BCUT2D eigenvalue weighted by molar-refractivity contribution is -0.145. The second kappa shape index (κ2) is 6.22. The van der Waals surface area contributed by atoms with Gasteiger partial charge in [0.2, 0.25) is 0 Å². The highest BCUT2D eigenvalue weighted by atomic mass is 16.5. The smallest absolute Gasteiger partial charge is 0.334 e. The molecule has 0 unspecified atom stereocenters. The highest BCUT2D eigenvalue weighted by molar-refractivity contribution is 5.95. The minimum absolute atomic E-state index is 0.192. The number of hydrogen-bond donors (Lipinski definition) is 0. The Labute approximate surface area is 90.2 Å². The zero-order valence-corrected chi connectivity index (χ0v) is 9.87. The Morgan fingerprint density at radius 1 is 1.00 bits per heavy atom. The van der Waals surface area contributed by atoms with E-state index in [1.54, 1.807) is 27.7 Å². The van der Waals surface area contributed by atoms with E-state index in [9.17, 15) is 9.59 Å². The molecule has 0 saturated carbocycles. The van der Waals surface area contributed by atoms with Crippen LogP contribution in [0.15, 0.2) is 11.6 Å². The van der Waals surface area contributed by atoms with Crippen molar-refractivity contribution in [2.75, 3.05) is 0 Å². The summed E-state index contributed by atoms with van der Waals surface area (Å²) in [5.41, 5.74) is 0.245. The number of carbonyl (C=O) groups excluding carboxylic acids is 2. The fourth-order valence-corrected chi connectivity index (χ4v) is 0.809. The highest BCUT2D eigenvalue weighted by Crippen LogP contribution is 2.01. The van der Waals surface area contributed by atoms with Crippen molar-refractivity contribution in [2.24, 2.45) is 0 Å². The molecule has 0 aromatic rings. The summed E-state index contributed by atoms with van der Waals surface area (Å²) >= 11 is 0. The van der Waals surface area contributed by atoms with Crippen LogP contribution in [0.4, 0.5) is 0 Å². The second-order valence-corrected chi connectivity index (χ2v) is 3.77. The maximum absolute atomic E-state index is 11.3. The summed E-state index contributed by atoms with van der Waals surface area (Å²) in [6, 6.07) is 0. The predicted octanol–water partition coefficient (Wildman–Crippen LogP) is 1.84. The van der Waals surface area contributed by atoms with E-state index in [1.807, 2.05) is 0 Å². The van der Waals surface area contributed by atoms with Crippen LogP contribution in [0.25, 0.3) is 0 Å². The van der Waals surface area contributed by atoms with Gasteiger partial charge in [0.15, 0.2) is 0 Å². The molecule has 0 spiro atoms. The molecular weight excluding hydrogens is 196 g/mol. The molecule has 4 heteroatoms. The van der Waals surface area contributed by atoms with E-state index >= 15 is 0 Å². The highest BCUT2D eigenvalue weighted by Gasteiger charge is 2.10. The maximum Gasteiger partial charge on any atom is 0.334 e. The van der Waals surface area contributed by atoms with Gasteiger partial charge in [0.1, 0.15) is 0 Å². The van der Waals surface area contributed by atoms with Gasteiger partial charge in [-0.15, -0.1) is 0 Å². The average Bonchev–Trinajstić information content (AvgIpc) is 2.00. The molecule has 0 saturated heterocycles. The van der Waals surface area contributed by atoms with E-state index < -0.39 is 11.9 Å². The zero-order chi connectivity index (χ0) is 12.0. The molecule has 0 fully saturated rings. The third-order valence-electron chi connectivity index (χ3n) is 1.35. The summed E-state index contributed by atoms with van der Waals surface area (Å²) in [5.74, 6) is -1.02. The summed E-state index contributed by atoms with van der Waals surface area (Å²) in [7, 11) is 0. The van der Waals surface area contributed by atoms with Crippen LogP contribution in [0.3, 0.4) is 0 Å². The SMILES string of the molecule is C/C(=C/C(=O)OC(C)C)C(=O)OC(C)C. The van der Waals surface area contributed by atoms with Crippen molar-refractivity contribution in [3.05, 3.63) is 11.6 Å². The molecular formula is C11H18O4. The molecule has 0 N–H and O–H groups in total. The molecule has 0 bridgehead atoms. The lowest BCUT2D eigenvalue weighted by atomic mass is 10.3. The van der Waals surface area contributed by atoms with Crippen LogP contribution in [0.1, 0.15) is 34.6 Å². The van der Waals surface area contributed by atoms with Crippen molar-refractivity contribution < 1.29 is 19.1 Å². The molecule has 0 aromatic heterocycles. The van der Waals surface area contributed by atoms with Gasteiger partial charge in [-0.1, -0.05) is 0 Å². The molecule has 0 aliphatic carbocycles. The molecule has 15 heavy (non-hydrogen) atoms. The molecule has 0 aliphatic heterocycles. The van der Waals surface area contributed by atoms with Gasteiger partial charge in [0.05, 0.1) is 12.2 Å². The van der Waals surface area contributed by atoms with Crippen molar-refractivity contribution in [3.63, 3.8) is 0 Å². The average molecular weight is 214 g/mol. The van der Waals surface area contributed by atoms with Gasteiger partial charge < -0.3 is 9.47 Å². The molecule has 0 amide bonds. The van der Waals surface area contributed by atoms with Crippen LogP contribution in [0.2, 0.25) is 0 Å². The van der Waals surface area contributed by atoms with E-state index in [4.69, 9.17) is 9.47 Å². The van der Waals surface area contributed by atoms with Crippen molar-refractivity contribution in [1.82, 2.24) is 0 Å². The van der Waals surface area contributed by atoms with Gasteiger partial charge in [0.25, 0.3) is 0 Å². The molecule has 0 aromatic carbocycles. The molecule has 0 heterocycles. The van der Waals surface area contributed by atoms with Crippen LogP contribution < -0.4 is 0 Å². The topological polar surface area (TPSA) is 52.6 Å². The largest absolute Gasteiger partial charge is 0.460 e. The first-order chi connectivity index (χ1) is 6.82. The van der Waals surface area contributed by atoms with Crippen LogP contribution in [-0.4, -0.2) is 24.1 Å². The molecule has 0 radical (unpaired) electrons. The number of hydrogen-bond acceptors (Lipinski definition) is 4. The van der Waals surface area contributed by atoms with Gasteiger partial charge in [0, 0.05) is 11.6 Å². The number of ether oxygens (including phenoxy) is 2. The first-order valence-corrected chi connectivity index (χ1v) is 4.92. The summed E-state index contributed by atoms with van der Waals surface area (Å²) < 4.78 is 9.76. The normalized spacial score (nSPS) is 11.8. The quantitative estimate of drug-likeness (QED) is 0.529. The zero-order valence-electron chi connectivity index (χ0n) is 9.87. The van der Waals surface area contributed by atoms with Crippen molar-refractivity contribution in [1.29, 1.82) is 0 Å². The lowest BCUT2D eigenvalue weighted by Gasteiger charge is -2.08. The standard InChI is InChI=1S/C11H18O4/c1-7(2)14-10(12)6-9(5)11(13)15-8(3)4/h6-8H,1-5H3/b9-6-. The predicted molar refractivity (Wildman–Crippen MR) is 56.2 cm³/mol. The van der Waals surface area contributed by atoms with Gasteiger partial charge in [-0.2, -0.15) is 0 Å². The van der Waals surface area contributed by atoms with Gasteiger partial charge in [-0.25, -0.2) is 9.59 Å². The van der Waals surface area contributed by atoms with E-state index in [2.05, 4.69) is 0 Å². The van der Waals surface area contributed by atoms with Crippen molar-refractivity contribution >= 4 is 11.9 Å². The fraction of sp³-hybridized carbons (Fsp3) is 0.636. The monoisotopic (exact) mass is 214 g/mol. The van der Waals surface area contributed by atoms with Crippen LogP contribution in [0, 0.1) is 0 Å². The third-order valence-corrected chi connectivity index (χ3v) is 1.35. The Kier molecular flexibility index (Phi) is 5.67. The fourth-order valence-electron chi connectivity index (χ4n) is 0.809. The van der Waals surface area contributed by atoms with Crippen LogP contribution in [0.5, 0.6) is 0 Å². The van der Waals surface area contributed by atoms with Crippen molar-refractivity contribution in [3.8, 4) is 0 Å². The summed E-state index contributed by atoms with van der Waals surface area (Å²) in [6.07, 6.45) is 0.759. The van der Waals surface area contributed by atoms with Crippen LogP contribution >= 0.6 is 0 Å². The number of esters is 2. The van der Waals surface area contributed by atoms with E-state index in [1.165, 1.54) is 6.92 Å². The Hall–Kier alpha value is -1.32. The number of carbonyl (C=O) groups is 2. The van der Waals surface area contributed by atoms with Crippen LogP contribution in [-0.2, 0) is 19.1 Å². The van der Waals surface area contributed by atoms with E-state index in [-0.39, 0.29) is 17.8 Å². The lowest BCUT2D eigenvalue weighted by Crippen LogP contribution is -2.15. The summed E-state index contributed by atoms with van der Waals surface area (Å²) in [5, 5.41) is 0. The number of rotatable bonds is 4. The summed E-state index contributed by atoms with van der Waals surface area (Å²) in [4.78, 5) is 22.4. The van der Waals surface area contributed by atoms with E-state index in [0.29, 0.717) is 0 Å². The molecule has 0 atom stereocenters. The molecule has 0 aliphatic rings. The second-order valence-electron chi connectivity index (χ2n) is 3.77.